The Labute approximate surface area is 74.7 Å². The second kappa shape index (κ2) is 4.48. The molecular formula is C8H11F3NO. The summed E-state index contributed by atoms with van der Waals surface area (Å²) in [6, 6.07) is 0. The van der Waals surface area contributed by atoms with Crippen molar-refractivity contribution < 1.29 is 18.0 Å². The largest absolute Gasteiger partial charge is 0.425 e. The molecule has 0 amide bonds. The normalized spacial score (nSPS) is 18.5. The van der Waals surface area contributed by atoms with E-state index in [1.54, 1.807) is 0 Å². The van der Waals surface area contributed by atoms with Crippen molar-refractivity contribution in [3.05, 3.63) is 6.42 Å². The van der Waals surface area contributed by atoms with Crippen molar-refractivity contribution in [2.24, 2.45) is 5.16 Å². The number of hydrogen-bond donors (Lipinski definition) is 0. The van der Waals surface area contributed by atoms with Gasteiger partial charge < -0.3 is 4.84 Å². The van der Waals surface area contributed by atoms with Crippen LogP contribution in [0.4, 0.5) is 13.2 Å². The van der Waals surface area contributed by atoms with E-state index in [1.807, 2.05) is 0 Å². The SMILES string of the molecule is FC(F)(F)CON=C1CC[CH]CC1. The van der Waals surface area contributed by atoms with E-state index < -0.39 is 12.8 Å². The van der Waals surface area contributed by atoms with Crippen LogP contribution < -0.4 is 0 Å². The molecule has 0 heterocycles. The Morgan fingerprint density at radius 3 is 2.46 bits per heavy atom. The highest BCUT2D eigenvalue weighted by molar-refractivity contribution is 5.84. The van der Waals surface area contributed by atoms with Gasteiger partial charge in [0, 0.05) is 0 Å². The van der Waals surface area contributed by atoms with E-state index in [4.69, 9.17) is 0 Å². The van der Waals surface area contributed by atoms with Crippen LogP contribution in [0.3, 0.4) is 0 Å². The highest BCUT2D eigenvalue weighted by Crippen LogP contribution is 2.17. The van der Waals surface area contributed by atoms with Crippen LogP contribution in [0.15, 0.2) is 5.16 Å². The van der Waals surface area contributed by atoms with E-state index in [1.165, 1.54) is 0 Å². The van der Waals surface area contributed by atoms with Crippen LogP contribution in [-0.2, 0) is 4.84 Å². The van der Waals surface area contributed by atoms with E-state index >= 15 is 0 Å². The maximum absolute atomic E-state index is 11.6. The third kappa shape index (κ3) is 4.75. The maximum Gasteiger partial charge on any atom is 0.425 e. The number of rotatable bonds is 2. The number of nitrogens with zero attached hydrogens (tertiary/aromatic N) is 1. The zero-order valence-corrected chi connectivity index (χ0v) is 7.10. The Balaban J connectivity index is 2.22. The van der Waals surface area contributed by atoms with Crippen molar-refractivity contribution in [3.63, 3.8) is 0 Å². The molecule has 0 aromatic rings. The van der Waals surface area contributed by atoms with Gasteiger partial charge in [-0.1, -0.05) is 5.16 Å². The number of hydrogen-bond acceptors (Lipinski definition) is 2. The summed E-state index contributed by atoms with van der Waals surface area (Å²) in [5.74, 6) is 0. The van der Waals surface area contributed by atoms with E-state index in [9.17, 15) is 13.2 Å². The lowest BCUT2D eigenvalue weighted by molar-refractivity contribution is -0.173. The van der Waals surface area contributed by atoms with Crippen LogP contribution in [0.2, 0.25) is 0 Å². The minimum atomic E-state index is -4.29. The smallest absolute Gasteiger partial charge is 0.386 e. The Bertz CT molecular complexity index is 180. The molecule has 1 aliphatic rings. The molecule has 1 aliphatic carbocycles. The lowest BCUT2D eigenvalue weighted by Crippen LogP contribution is -2.16. The van der Waals surface area contributed by atoms with Gasteiger partial charge in [-0.25, -0.2) is 0 Å². The quantitative estimate of drug-likeness (QED) is 0.619. The molecule has 1 rings (SSSR count). The first-order chi connectivity index (χ1) is 6.08. The van der Waals surface area contributed by atoms with Gasteiger partial charge in [-0.05, 0) is 32.1 Å². The third-order valence-corrected chi connectivity index (χ3v) is 1.70. The fraction of sp³-hybridized carbons (Fsp3) is 0.750. The summed E-state index contributed by atoms with van der Waals surface area (Å²) >= 11 is 0. The van der Waals surface area contributed by atoms with Crippen molar-refractivity contribution in [3.8, 4) is 0 Å². The molecule has 0 saturated heterocycles. The number of oxime groups is 1. The summed E-state index contributed by atoms with van der Waals surface area (Å²) in [5.41, 5.74) is 0.728. The predicted octanol–water partition coefficient (Wildman–Crippen LogP) is 2.70. The fourth-order valence-electron chi connectivity index (χ4n) is 1.09. The second-order valence-electron chi connectivity index (χ2n) is 2.91. The standard InChI is InChI=1S/C8H11F3NO/c9-8(10,11)6-13-12-7-4-2-1-3-5-7/h1H,2-6H2. The highest BCUT2D eigenvalue weighted by atomic mass is 19.4. The molecule has 0 spiro atoms. The molecule has 0 unspecified atom stereocenters. The lowest BCUT2D eigenvalue weighted by Gasteiger charge is -2.11. The van der Waals surface area contributed by atoms with Gasteiger partial charge in [-0.3, -0.25) is 0 Å². The molecule has 1 fully saturated rings. The van der Waals surface area contributed by atoms with E-state index in [0.717, 1.165) is 31.4 Å². The molecule has 13 heavy (non-hydrogen) atoms. The van der Waals surface area contributed by atoms with E-state index in [0.29, 0.717) is 0 Å². The van der Waals surface area contributed by atoms with Gasteiger partial charge in [-0.2, -0.15) is 13.2 Å². The molecule has 0 aromatic heterocycles. The minimum Gasteiger partial charge on any atom is -0.386 e. The van der Waals surface area contributed by atoms with E-state index in [-0.39, 0.29) is 0 Å². The van der Waals surface area contributed by atoms with Gasteiger partial charge in [0.25, 0.3) is 0 Å². The average Bonchev–Trinajstić information content (AvgIpc) is 2.04. The Hall–Kier alpha value is -0.740. The molecule has 2 nitrogen and oxygen atoms in total. The van der Waals surface area contributed by atoms with Crippen molar-refractivity contribution >= 4 is 5.71 Å². The summed E-state index contributed by atoms with van der Waals surface area (Å²) in [4.78, 5) is 4.19. The maximum atomic E-state index is 11.6. The topological polar surface area (TPSA) is 21.6 Å². The molecule has 0 bridgehead atoms. The van der Waals surface area contributed by atoms with Gasteiger partial charge in [0.15, 0.2) is 0 Å². The monoisotopic (exact) mass is 194 g/mol. The van der Waals surface area contributed by atoms with Crippen LogP contribution in [0.1, 0.15) is 25.7 Å². The summed E-state index contributed by atoms with van der Waals surface area (Å²) in [6.45, 7) is -1.29. The molecular weight excluding hydrogens is 183 g/mol. The molecule has 0 aromatic carbocycles. The molecule has 1 radical (unpaired) electrons. The number of halogens is 3. The minimum absolute atomic E-state index is 0.720. The van der Waals surface area contributed by atoms with Crippen LogP contribution in [0.25, 0.3) is 0 Å². The van der Waals surface area contributed by atoms with E-state index in [2.05, 4.69) is 16.4 Å². The molecule has 5 heteroatoms. The van der Waals surface area contributed by atoms with Crippen molar-refractivity contribution in [1.82, 2.24) is 0 Å². The van der Waals surface area contributed by atoms with Crippen molar-refractivity contribution in [2.45, 2.75) is 31.9 Å². The summed E-state index contributed by atoms with van der Waals surface area (Å²) in [7, 11) is 0. The first-order valence-electron chi connectivity index (χ1n) is 4.14. The fourth-order valence-corrected chi connectivity index (χ4v) is 1.09. The van der Waals surface area contributed by atoms with Crippen molar-refractivity contribution in [2.75, 3.05) is 6.61 Å². The summed E-state index contributed by atoms with van der Waals surface area (Å²) < 4.78 is 34.8. The Morgan fingerprint density at radius 2 is 1.92 bits per heavy atom. The van der Waals surface area contributed by atoms with Gasteiger partial charge in [0.1, 0.15) is 0 Å². The van der Waals surface area contributed by atoms with Crippen molar-refractivity contribution in [1.29, 1.82) is 0 Å². The third-order valence-electron chi connectivity index (χ3n) is 1.70. The van der Waals surface area contributed by atoms with Gasteiger partial charge in [0.05, 0.1) is 5.71 Å². The zero-order valence-electron chi connectivity index (χ0n) is 7.10. The van der Waals surface area contributed by atoms with Gasteiger partial charge in [-0.15, -0.1) is 0 Å². The summed E-state index contributed by atoms with van der Waals surface area (Å²) in [6.07, 6.45) is 1.02. The number of alkyl halides is 3. The Morgan fingerprint density at radius 1 is 1.31 bits per heavy atom. The first-order valence-corrected chi connectivity index (χ1v) is 4.14. The molecule has 0 atom stereocenters. The second-order valence-corrected chi connectivity index (χ2v) is 2.91. The highest BCUT2D eigenvalue weighted by Gasteiger charge is 2.28. The molecule has 0 aliphatic heterocycles. The van der Waals surface area contributed by atoms with Crippen LogP contribution >= 0.6 is 0 Å². The van der Waals surface area contributed by atoms with Gasteiger partial charge >= 0.3 is 6.18 Å². The van der Waals surface area contributed by atoms with Crippen LogP contribution in [0.5, 0.6) is 0 Å². The first kappa shape index (κ1) is 10.3. The molecule has 1 saturated carbocycles. The summed E-state index contributed by atoms with van der Waals surface area (Å²) in [5, 5.41) is 3.45. The lowest BCUT2D eigenvalue weighted by atomic mass is 9.99. The average molecular weight is 194 g/mol. The predicted molar refractivity (Wildman–Crippen MR) is 42.2 cm³/mol. The Kier molecular flexibility index (Phi) is 3.57. The zero-order chi connectivity index (χ0) is 9.73. The molecule has 75 valence electrons. The van der Waals surface area contributed by atoms with Crippen LogP contribution in [0, 0.1) is 6.42 Å². The van der Waals surface area contributed by atoms with Gasteiger partial charge in [0.2, 0.25) is 6.61 Å². The molecule has 0 N–H and O–H groups in total. The van der Waals surface area contributed by atoms with Crippen LogP contribution in [-0.4, -0.2) is 18.5 Å².